The fourth-order valence-corrected chi connectivity index (χ4v) is 7.00. The second kappa shape index (κ2) is 21.9. The topological polar surface area (TPSA) is 167 Å². The van der Waals surface area contributed by atoms with Gasteiger partial charge in [0.2, 0.25) is 11.8 Å². The number of unbranched alkanes of at least 4 members (excludes halogenated alkanes) is 2. The van der Waals surface area contributed by atoms with Crippen molar-refractivity contribution in [1.29, 1.82) is 0 Å². The molecule has 2 aromatic rings. The van der Waals surface area contributed by atoms with Gasteiger partial charge in [0, 0.05) is 44.3 Å². The molecule has 0 spiro atoms. The number of thiazole rings is 1. The lowest BCUT2D eigenvalue weighted by Crippen LogP contribution is -2.60. The second-order valence-electron chi connectivity index (χ2n) is 14.0. The minimum Gasteiger partial charge on any atom is -0.481 e. The van der Waals surface area contributed by atoms with Gasteiger partial charge in [0.1, 0.15) is 16.7 Å². The lowest BCUT2D eigenvalue weighted by molar-refractivity contribution is -0.290. The van der Waals surface area contributed by atoms with Crippen molar-refractivity contribution in [2.75, 3.05) is 20.6 Å². The zero-order valence-electron chi connectivity index (χ0n) is 32.1. The highest BCUT2D eigenvalue weighted by molar-refractivity contribution is 7.09. The number of ether oxygens (including phenoxy) is 1. The summed E-state index contributed by atoms with van der Waals surface area (Å²) in [5.41, 5.74) is 0.710. The molecule has 0 radical (unpaired) electrons. The van der Waals surface area contributed by atoms with Gasteiger partial charge in [-0.15, -0.1) is 11.3 Å². The standard InChI is InChI=1S/C37H51F6N5O7S/c1-21(2)27(48(6)34(52)30(31(36(38,39)40)37(41,42)43)47-29(50)15-11-8-12-16-44-5)19-28(55-23(4)49)33-46-26(20-56-33)32(51)45-25(17-22(3)35(53)54)18-24-13-9-7-10-14-24/h7,9-10,13-14,20-22,25,27-28,30-31,44H,8,11-12,15-19H2,1-6H3,(H,45,51)(H,47,50)(H,53,54)/t22-,25+,27+,28+,30-/m0/s1. The number of carboxylic acid groups (broad SMARTS) is 1. The van der Waals surface area contributed by atoms with Crippen molar-refractivity contribution in [2.45, 2.75) is 109 Å². The van der Waals surface area contributed by atoms with E-state index in [2.05, 4.69) is 15.6 Å². The number of carbonyl (C=O) groups is 5. The van der Waals surface area contributed by atoms with Crippen LogP contribution in [0.2, 0.25) is 0 Å². The first kappa shape index (κ1) is 47.9. The molecular weight excluding hydrogens is 772 g/mol. The number of likely N-dealkylation sites (N-methyl/N-ethyl adjacent to an activating group) is 1. The van der Waals surface area contributed by atoms with Crippen LogP contribution in [-0.2, 0) is 30.3 Å². The first-order chi connectivity index (χ1) is 26.1. The van der Waals surface area contributed by atoms with Crippen LogP contribution >= 0.6 is 11.3 Å². The van der Waals surface area contributed by atoms with E-state index in [-0.39, 0.29) is 30.0 Å². The van der Waals surface area contributed by atoms with Gasteiger partial charge in [0.15, 0.2) is 12.0 Å². The number of benzene rings is 1. The summed E-state index contributed by atoms with van der Waals surface area (Å²) in [4.78, 5) is 68.7. The predicted molar refractivity (Wildman–Crippen MR) is 195 cm³/mol. The number of carboxylic acids is 1. The number of nitrogens with one attached hydrogen (secondary N) is 3. The summed E-state index contributed by atoms with van der Waals surface area (Å²) < 4.78 is 89.8. The summed E-state index contributed by atoms with van der Waals surface area (Å²) in [6.07, 6.45) is -12.4. The number of carbonyl (C=O) groups excluding carboxylic acids is 4. The van der Waals surface area contributed by atoms with E-state index in [1.165, 1.54) is 12.3 Å². The number of aromatic nitrogens is 1. The van der Waals surface area contributed by atoms with Crippen LogP contribution in [0.3, 0.4) is 0 Å². The van der Waals surface area contributed by atoms with Crippen molar-refractivity contribution < 1.29 is 60.2 Å². The maximum Gasteiger partial charge on any atom is 0.403 e. The fraction of sp³-hybridized carbons (Fsp3) is 0.622. The highest BCUT2D eigenvalue weighted by Crippen LogP contribution is 2.42. The van der Waals surface area contributed by atoms with E-state index in [0.29, 0.717) is 30.7 Å². The Labute approximate surface area is 326 Å². The average Bonchev–Trinajstić information content (AvgIpc) is 3.58. The van der Waals surface area contributed by atoms with Crippen LogP contribution < -0.4 is 16.0 Å². The lowest BCUT2D eigenvalue weighted by Gasteiger charge is -2.38. The molecule has 4 N–H and O–H groups in total. The molecule has 56 heavy (non-hydrogen) atoms. The Morgan fingerprint density at radius 3 is 2.09 bits per heavy atom. The molecule has 1 aromatic heterocycles. The molecule has 0 saturated heterocycles. The van der Waals surface area contributed by atoms with Gasteiger partial charge in [-0.05, 0) is 50.8 Å². The van der Waals surface area contributed by atoms with E-state index in [1.54, 1.807) is 44.4 Å². The summed E-state index contributed by atoms with van der Waals surface area (Å²) in [5, 5.41) is 18.3. The minimum absolute atomic E-state index is 0.0435. The van der Waals surface area contributed by atoms with Crippen molar-refractivity contribution in [3.8, 4) is 0 Å². The van der Waals surface area contributed by atoms with Gasteiger partial charge >= 0.3 is 24.3 Å². The van der Waals surface area contributed by atoms with Crippen molar-refractivity contribution in [2.24, 2.45) is 17.8 Å². The van der Waals surface area contributed by atoms with Gasteiger partial charge in [0.05, 0.1) is 5.92 Å². The molecule has 5 atom stereocenters. The van der Waals surface area contributed by atoms with E-state index in [0.717, 1.165) is 30.9 Å². The number of aliphatic carboxylic acids is 1. The Bertz CT molecular complexity index is 1580. The third-order valence-electron chi connectivity index (χ3n) is 9.08. The zero-order chi connectivity index (χ0) is 42.4. The van der Waals surface area contributed by atoms with Gasteiger partial charge in [-0.1, -0.05) is 57.5 Å². The van der Waals surface area contributed by atoms with Crippen molar-refractivity contribution in [3.05, 3.63) is 52.0 Å². The molecular formula is C37H51F6N5O7S. The third-order valence-corrected chi connectivity index (χ3v) is 10.0. The SMILES string of the molecule is CNCCCCCC(=O)N[C@H](C(=O)N(C)[C@H](C[C@@H](OC(C)=O)c1nc(C(=O)N[C@@H](Cc2ccccc2)C[C@H](C)C(=O)O)cs1)C(C)C)C(C(F)(F)F)C(F)(F)F. The normalized spacial score (nSPS) is 14.8. The number of hydrogen-bond acceptors (Lipinski definition) is 9. The summed E-state index contributed by atoms with van der Waals surface area (Å²) in [7, 11) is 2.70. The molecule has 1 heterocycles. The molecule has 0 bridgehead atoms. The number of rotatable bonds is 22. The maximum atomic E-state index is 14.0. The predicted octanol–water partition coefficient (Wildman–Crippen LogP) is 6.08. The molecule has 0 saturated carbocycles. The van der Waals surface area contributed by atoms with E-state index in [1.807, 2.05) is 12.1 Å². The van der Waals surface area contributed by atoms with Crippen molar-refractivity contribution >= 4 is 41.0 Å². The Hall–Kier alpha value is -4.26. The molecule has 0 aliphatic rings. The monoisotopic (exact) mass is 823 g/mol. The number of alkyl halides is 6. The Morgan fingerprint density at radius 2 is 1.55 bits per heavy atom. The number of esters is 1. The average molecular weight is 824 g/mol. The zero-order valence-corrected chi connectivity index (χ0v) is 32.9. The van der Waals surface area contributed by atoms with Crippen molar-refractivity contribution in [3.63, 3.8) is 0 Å². The molecule has 19 heteroatoms. The largest absolute Gasteiger partial charge is 0.481 e. The second-order valence-corrected chi connectivity index (χ2v) is 14.9. The van der Waals surface area contributed by atoms with E-state index >= 15 is 0 Å². The summed E-state index contributed by atoms with van der Waals surface area (Å²) in [6.45, 7) is 6.25. The molecule has 314 valence electrons. The molecule has 2 rings (SSSR count). The van der Waals surface area contributed by atoms with Gasteiger partial charge in [-0.25, -0.2) is 4.98 Å². The summed E-state index contributed by atoms with van der Waals surface area (Å²) >= 11 is 0.885. The Kier molecular flexibility index (Phi) is 18.7. The summed E-state index contributed by atoms with van der Waals surface area (Å²) in [6, 6.07) is 4.18. The highest BCUT2D eigenvalue weighted by Gasteiger charge is 2.63. The van der Waals surface area contributed by atoms with E-state index in [9.17, 15) is 55.4 Å². The van der Waals surface area contributed by atoms with Crippen LogP contribution in [0, 0.1) is 17.8 Å². The lowest BCUT2D eigenvalue weighted by atomic mass is 9.92. The van der Waals surface area contributed by atoms with Crippen LogP contribution in [0.25, 0.3) is 0 Å². The molecule has 12 nitrogen and oxygen atoms in total. The van der Waals surface area contributed by atoms with Gasteiger partial charge in [0.25, 0.3) is 5.91 Å². The number of nitrogens with zero attached hydrogens (tertiary/aromatic N) is 2. The first-order valence-corrected chi connectivity index (χ1v) is 19.0. The fourth-order valence-electron chi connectivity index (χ4n) is 6.16. The molecule has 3 amide bonds. The number of halogens is 6. The van der Waals surface area contributed by atoms with Gasteiger partial charge < -0.3 is 30.7 Å². The van der Waals surface area contributed by atoms with E-state index < -0.39 is 90.4 Å². The molecule has 1 aromatic carbocycles. The quantitative estimate of drug-likeness (QED) is 0.0626. The van der Waals surface area contributed by atoms with E-state index in [4.69, 9.17) is 4.74 Å². The maximum absolute atomic E-state index is 14.0. The first-order valence-electron chi connectivity index (χ1n) is 18.1. The van der Waals surface area contributed by atoms with Gasteiger partial charge in [-0.3, -0.25) is 24.0 Å². The van der Waals surface area contributed by atoms with Gasteiger partial charge in [-0.2, -0.15) is 26.3 Å². The molecule has 0 aliphatic heterocycles. The highest BCUT2D eigenvalue weighted by atomic mass is 32.1. The minimum atomic E-state index is -5.96. The van der Waals surface area contributed by atoms with Crippen LogP contribution in [0.1, 0.15) is 93.4 Å². The Morgan fingerprint density at radius 1 is 0.929 bits per heavy atom. The van der Waals surface area contributed by atoms with Crippen LogP contribution in [0.5, 0.6) is 0 Å². The molecule has 0 fully saturated rings. The van der Waals surface area contributed by atoms with Crippen LogP contribution in [-0.4, -0.2) is 95.8 Å². The third kappa shape index (κ3) is 15.3. The van der Waals surface area contributed by atoms with Crippen molar-refractivity contribution in [1.82, 2.24) is 25.8 Å². The Balaban J connectivity index is 2.41. The molecule has 0 unspecified atom stereocenters. The summed E-state index contributed by atoms with van der Waals surface area (Å²) in [5.74, 6) is -11.0. The number of amides is 3. The number of hydrogen-bond donors (Lipinski definition) is 4. The molecule has 0 aliphatic carbocycles. The van der Waals surface area contributed by atoms with Crippen LogP contribution in [0.15, 0.2) is 35.7 Å². The smallest absolute Gasteiger partial charge is 0.403 e. The van der Waals surface area contributed by atoms with Crippen LogP contribution in [0.4, 0.5) is 26.3 Å².